The van der Waals surface area contributed by atoms with E-state index in [-0.39, 0.29) is 12.1 Å². The molecule has 5 heteroatoms. The highest BCUT2D eigenvalue weighted by Crippen LogP contribution is 2.29. The molecule has 0 radical (unpaired) electrons. The molecule has 0 saturated heterocycles. The number of benzene rings is 1. The molecule has 2 amide bonds. The van der Waals surface area contributed by atoms with E-state index in [0.29, 0.717) is 10.9 Å². The van der Waals surface area contributed by atoms with Crippen LogP contribution in [0, 0.1) is 5.92 Å². The van der Waals surface area contributed by atoms with E-state index in [2.05, 4.69) is 10.6 Å². The first kappa shape index (κ1) is 15.0. The van der Waals surface area contributed by atoms with Crippen molar-refractivity contribution in [1.82, 2.24) is 5.32 Å². The van der Waals surface area contributed by atoms with E-state index >= 15 is 0 Å². The largest absolute Gasteiger partial charge is 0.469 e. The van der Waals surface area contributed by atoms with Crippen LogP contribution in [0.15, 0.2) is 47.1 Å². The van der Waals surface area contributed by atoms with Crippen LogP contribution in [0.4, 0.5) is 10.5 Å². The average molecular weight is 319 g/mol. The van der Waals surface area contributed by atoms with Crippen LogP contribution in [-0.2, 0) is 6.42 Å². The normalized spacial score (nSPS) is 20.8. The number of halogens is 1. The second kappa shape index (κ2) is 6.88. The molecule has 1 heterocycles. The fourth-order valence-electron chi connectivity index (χ4n) is 3.03. The minimum atomic E-state index is -0.168. The van der Waals surface area contributed by atoms with Gasteiger partial charge < -0.3 is 15.1 Å². The fourth-order valence-corrected chi connectivity index (χ4v) is 3.15. The Balaban J connectivity index is 1.54. The number of hydrogen-bond acceptors (Lipinski definition) is 2. The Hall–Kier alpha value is -1.94. The van der Waals surface area contributed by atoms with E-state index in [1.54, 1.807) is 30.5 Å². The Morgan fingerprint density at radius 3 is 2.77 bits per heavy atom. The van der Waals surface area contributed by atoms with Gasteiger partial charge in [0.25, 0.3) is 0 Å². The minimum Gasteiger partial charge on any atom is -0.469 e. The zero-order valence-electron chi connectivity index (χ0n) is 12.2. The zero-order chi connectivity index (χ0) is 15.4. The number of hydrogen-bond donors (Lipinski definition) is 2. The van der Waals surface area contributed by atoms with Crippen LogP contribution < -0.4 is 10.6 Å². The lowest BCUT2D eigenvalue weighted by Gasteiger charge is -2.20. The van der Waals surface area contributed by atoms with Gasteiger partial charge in [0.2, 0.25) is 0 Å². The molecule has 0 spiro atoms. The predicted molar refractivity (Wildman–Crippen MR) is 87.1 cm³/mol. The molecule has 2 N–H and O–H groups in total. The number of carbonyl (C=O) groups excluding carboxylic acids is 1. The standard InChI is InChI=1S/C17H19ClN2O2/c18-13-6-8-14(9-7-13)19-17(21)20-16-5-1-3-12(16)11-15-4-2-10-22-15/h2,4,6-10,12,16H,1,3,5,11H2,(H2,19,20,21)/t12-,16+/m0/s1. The molecule has 1 saturated carbocycles. The van der Waals surface area contributed by atoms with E-state index in [9.17, 15) is 4.79 Å². The van der Waals surface area contributed by atoms with Crippen molar-refractivity contribution >= 4 is 23.3 Å². The number of anilines is 1. The van der Waals surface area contributed by atoms with Gasteiger partial charge in [-0.15, -0.1) is 0 Å². The fraction of sp³-hybridized carbons (Fsp3) is 0.353. The number of rotatable bonds is 4. The topological polar surface area (TPSA) is 54.3 Å². The highest BCUT2D eigenvalue weighted by Gasteiger charge is 2.29. The third kappa shape index (κ3) is 3.83. The number of amides is 2. The number of furan rings is 1. The number of carbonyl (C=O) groups is 1. The van der Waals surface area contributed by atoms with Crippen LogP contribution in [0.3, 0.4) is 0 Å². The van der Waals surface area contributed by atoms with E-state index < -0.39 is 0 Å². The van der Waals surface area contributed by atoms with Crippen molar-refractivity contribution in [2.24, 2.45) is 5.92 Å². The smallest absolute Gasteiger partial charge is 0.319 e. The molecule has 3 rings (SSSR count). The lowest BCUT2D eigenvalue weighted by molar-refractivity contribution is 0.244. The Morgan fingerprint density at radius 2 is 2.05 bits per heavy atom. The van der Waals surface area contributed by atoms with E-state index in [1.165, 1.54) is 0 Å². The van der Waals surface area contributed by atoms with Crippen molar-refractivity contribution in [3.05, 3.63) is 53.4 Å². The Morgan fingerprint density at radius 1 is 1.23 bits per heavy atom. The van der Waals surface area contributed by atoms with Crippen molar-refractivity contribution in [2.45, 2.75) is 31.7 Å². The van der Waals surface area contributed by atoms with Gasteiger partial charge >= 0.3 is 6.03 Å². The summed E-state index contributed by atoms with van der Waals surface area (Å²) in [6.07, 6.45) is 5.84. The molecule has 2 atom stereocenters. The van der Waals surface area contributed by atoms with Crippen molar-refractivity contribution in [3.63, 3.8) is 0 Å². The SMILES string of the molecule is O=C(Nc1ccc(Cl)cc1)N[C@@H]1CCC[C@H]1Cc1ccco1. The maximum atomic E-state index is 12.1. The molecule has 0 bridgehead atoms. The summed E-state index contributed by atoms with van der Waals surface area (Å²) < 4.78 is 5.41. The summed E-state index contributed by atoms with van der Waals surface area (Å²) in [5.41, 5.74) is 0.738. The van der Waals surface area contributed by atoms with Gasteiger partial charge in [0, 0.05) is 23.2 Å². The lowest BCUT2D eigenvalue weighted by atomic mass is 9.98. The summed E-state index contributed by atoms with van der Waals surface area (Å²) in [4.78, 5) is 12.1. The van der Waals surface area contributed by atoms with Crippen molar-refractivity contribution in [3.8, 4) is 0 Å². The first-order valence-corrected chi connectivity index (χ1v) is 7.94. The summed E-state index contributed by atoms with van der Waals surface area (Å²) in [6, 6.07) is 11.0. The maximum absolute atomic E-state index is 12.1. The lowest BCUT2D eigenvalue weighted by Crippen LogP contribution is -2.40. The zero-order valence-corrected chi connectivity index (χ0v) is 13.0. The molecule has 22 heavy (non-hydrogen) atoms. The van der Waals surface area contributed by atoms with Crippen LogP contribution in [-0.4, -0.2) is 12.1 Å². The molecule has 1 fully saturated rings. The molecular formula is C17H19ClN2O2. The highest BCUT2D eigenvalue weighted by atomic mass is 35.5. The van der Waals surface area contributed by atoms with Crippen LogP contribution in [0.1, 0.15) is 25.0 Å². The van der Waals surface area contributed by atoms with Gasteiger partial charge in [-0.25, -0.2) is 4.79 Å². The number of urea groups is 1. The second-order valence-electron chi connectivity index (χ2n) is 5.69. The Kier molecular flexibility index (Phi) is 4.68. The van der Waals surface area contributed by atoms with Gasteiger partial charge in [0.05, 0.1) is 6.26 Å². The van der Waals surface area contributed by atoms with Gasteiger partial charge in [-0.1, -0.05) is 18.0 Å². The Labute approximate surface area is 134 Å². The average Bonchev–Trinajstić information content (AvgIpc) is 3.15. The van der Waals surface area contributed by atoms with Crippen LogP contribution in [0.25, 0.3) is 0 Å². The van der Waals surface area contributed by atoms with Gasteiger partial charge in [-0.05, 0) is 55.2 Å². The molecule has 116 valence electrons. The number of nitrogens with one attached hydrogen (secondary N) is 2. The van der Waals surface area contributed by atoms with Crippen LogP contribution in [0.2, 0.25) is 5.02 Å². The first-order valence-electron chi connectivity index (χ1n) is 7.56. The van der Waals surface area contributed by atoms with Crippen molar-refractivity contribution in [1.29, 1.82) is 0 Å². The van der Waals surface area contributed by atoms with Crippen LogP contribution in [0.5, 0.6) is 0 Å². The second-order valence-corrected chi connectivity index (χ2v) is 6.12. The molecule has 0 aliphatic heterocycles. The molecule has 4 nitrogen and oxygen atoms in total. The van der Waals surface area contributed by atoms with Crippen molar-refractivity contribution in [2.75, 3.05) is 5.32 Å². The molecule has 2 aromatic rings. The molecule has 1 aromatic carbocycles. The quantitative estimate of drug-likeness (QED) is 0.874. The monoisotopic (exact) mass is 318 g/mol. The highest BCUT2D eigenvalue weighted by molar-refractivity contribution is 6.30. The van der Waals surface area contributed by atoms with Crippen molar-refractivity contribution < 1.29 is 9.21 Å². The molecule has 1 aliphatic rings. The molecule has 1 aromatic heterocycles. The molecule has 0 unspecified atom stereocenters. The summed E-state index contributed by atoms with van der Waals surface area (Å²) in [6.45, 7) is 0. The molecule has 1 aliphatic carbocycles. The van der Waals surface area contributed by atoms with E-state index in [4.69, 9.17) is 16.0 Å². The summed E-state index contributed by atoms with van der Waals surface area (Å²) in [7, 11) is 0. The summed E-state index contributed by atoms with van der Waals surface area (Å²) >= 11 is 5.84. The van der Waals surface area contributed by atoms with Gasteiger partial charge in [-0.2, -0.15) is 0 Å². The van der Waals surface area contributed by atoms with Crippen LogP contribution >= 0.6 is 11.6 Å². The predicted octanol–water partition coefficient (Wildman–Crippen LogP) is 4.47. The summed E-state index contributed by atoms with van der Waals surface area (Å²) in [5.74, 6) is 1.42. The van der Waals surface area contributed by atoms with E-state index in [0.717, 1.165) is 37.1 Å². The maximum Gasteiger partial charge on any atom is 0.319 e. The minimum absolute atomic E-state index is 0.168. The van der Waals surface area contributed by atoms with Gasteiger partial charge in [0.15, 0.2) is 0 Å². The van der Waals surface area contributed by atoms with Gasteiger partial charge in [0.1, 0.15) is 5.76 Å². The van der Waals surface area contributed by atoms with Gasteiger partial charge in [-0.3, -0.25) is 0 Å². The summed E-state index contributed by atoms with van der Waals surface area (Å²) in [5, 5.41) is 6.58. The first-order chi connectivity index (χ1) is 10.7. The Bertz CT molecular complexity index is 610. The third-order valence-electron chi connectivity index (χ3n) is 4.12. The van der Waals surface area contributed by atoms with E-state index in [1.807, 2.05) is 12.1 Å². The molecular weight excluding hydrogens is 300 g/mol. The third-order valence-corrected chi connectivity index (χ3v) is 4.37.